The highest BCUT2D eigenvalue weighted by Gasteiger charge is 2.66. The molecule has 8 rings (SSSR count). The summed E-state index contributed by atoms with van der Waals surface area (Å²) in [5.74, 6) is -4.25. The van der Waals surface area contributed by atoms with Crippen molar-refractivity contribution >= 4 is 64.0 Å². The number of pyridine rings is 1. The summed E-state index contributed by atoms with van der Waals surface area (Å²) >= 11 is 8.28. The van der Waals surface area contributed by atoms with Gasteiger partial charge in [0.05, 0.1) is 74.4 Å². The molecule has 2 aliphatic carbocycles. The van der Waals surface area contributed by atoms with Gasteiger partial charge >= 0.3 is 5.97 Å². The highest BCUT2D eigenvalue weighted by Crippen LogP contribution is 2.75. The maximum Gasteiger partial charge on any atom is 0.306 e. The van der Waals surface area contributed by atoms with Crippen LogP contribution in [-0.4, -0.2) is 107 Å². The molecule has 0 radical (unpaired) electrons. The first-order valence-electron chi connectivity index (χ1n) is 22.7. The van der Waals surface area contributed by atoms with Crippen LogP contribution in [0, 0.1) is 23.5 Å². The molecule has 356 valence electrons. The Bertz CT molecular complexity index is 2470. The first kappa shape index (κ1) is 48.2. The topological polar surface area (TPSA) is 176 Å². The second-order valence-corrected chi connectivity index (χ2v) is 22.0. The number of carbonyl (C=O) groups excluding carboxylic acids is 3. The van der Waals surface area contributed by atoms with E-state index in [4.69, 9.17) is 45.3 Å². The molecule has 1 unspecified atom stereocenters. The summed E-state index contributed by atoms with van der Waals surface area (Å²) in [6, 6.07) is 7.40. The standard InChI is InChI=1S/C47H56ClF2N4O10PS/c1-27(2)51-46-53-37(26-66-46)36-20-41(32-13-14-40(60-3)43(48)44(32)52-36)63-31-19-38-39(55)22-47(65(58,59)25-33-34(49)11-6-12-35(33)50)21-29(47)8-7-15-61-16-17-62-24-28(45(57)54(38)23-31)18-42(56)64-30-9-4-5-10-30/h6,11-14,20,26-31,38H,4-5,7-10,15-19,21-25H2,1-3H3,(H,51,53)(H,58,59)/t28-,29-,31+,38-,47+/m0/s1. The quantitative estimate of drug-likeness (QED) is 0.102. The lowest BCUT2D eigenvalue weighted by Gasteiger charge is -2.30. The number of thiazole rings is 1. The molecule has 1 amide bonds. The number of esters is 1. The van der Waals surface area contributed by atoms with Crippen molar-refractivity contribution in [3.63, 3.8) is 0 Å². The van der Waals surface area contributed by atoms with Crippen LogP contribution in [0.25, 0.3) is 22.3 Å². The van der Waals surface area contributed by atoms with E-state index in [1.54, 1.807) is 18.2 Å². The maximum absolute atomic E-state index is 15.0. The number of amides is 1. The fraction of sp³-hybridized carbons (Fsp3) is 0.553. The minimum Gasteiger partial charge on any atom is -0.495 e. The van der Waals surface area contributed by atoms with Crippen molar-refractivity contribution in [1.82, 2.24) is 14.9 Å². The van der Waals surface area contributed by atoms with Crippen molar-refractivity contribution in [2.24, 2.45) is 11.8 Å². The molecule has 4 fully saturated rings. The summed E-state index contributed by atoms with van der Waals surface area (Å²) in [5, 5.41) is 5.12. The normalized spacial score (nSPS) is 25.4. The van der Waals surface area contributed by atoms with E-state index in [-0.39, 0.29) is 62.8 Å². The van der Waals surface area contributed by atoms with E-state index in [0.29, 0.717) is 58.4 Å². The number of nitrogens with zero attached hydrogens (tertiary/aromatic N) is 3. The van der Waals surface area contributed by atoms with Gasteiger partial charge in [-0.3, -0.25) is 18.9 Å². The summed E-state index contributed by atoms with van der Waals surface area (Å²) in [6.45, 7) is 4.38. The number of carbonyl (C=O) groups is 3. The van der Waals surface area contributed by atoms with Crippen LogP contribution in [0.15, 0.2) is 41.8 Å². The van der Waals surface area contributed by atoms with Crippen molar-refractivity contribution < 1.29 is 56.3 Å². The monoisotopic (exact) mass is 972 g/mol. The van der Waals surface area contributed by atoms with Gasteiger partial charge in [-0.15, -0.1) is 11.3 Å². The number of aromatic nitrogens is 2. The van der Waals surface area contributed by atoms with Crippen LogP contribution in [0.3, 0.4) is 0 Å². The lowest BCUT2D eigenvalue weighted by atomic mass is 9.99. The molecule has 2 saturated heterocycles. The van der Waals surface area contributed by atoms with Gasteiger partial charge in [0.2, 0.25) is 13.3 Å². The number of hydrogen-bond acceptors (Lipinski definition) is 13. The molecule has 4 heterocycles. The largest absolute Gasteiger partial charge is 0.495 e. The molecular weight excluding hydrogens is 917 g/mol. The minimum absolute atomic E-state index is 0.0148. The number of fused-ring (bicyclic) bond motifs is 3. The Labute approximate surface area is 391 Å². The number of benzene rings is 2. The highest BCUT2D eigenvalue weighted by molar-refractivity contribution is 7.59. The van der Waals surface area contributed by atoms with Crippen molar-refractivity contribution in [3.8, 4) is 22.9 Å². The Balaban J connectivity index is 1.15. The molecule has 66 heavy (non-hydrogen) atoms. The average Bonchev–Trinajstić information content (AvgIpc) is 3.69. The Morgan fingerprint density at radius 2 is 1.79 bits per heavy atom. The van der Waals surface area contributed by atoms with Gasteiger partial charge in [-0.05, 0) is 89.0 Å². The fourth-order valence-corrected chi connectivity index (χ4v) is 13.5. The van der Waals surface area contributed by atoms with Gasteiger partial charge in [0.1, 0.15) is 46.1 Å². The third-order valence-corrected chi connectivity index (χ3v) is 17.1. The molecule has 2 N–H and O–H groups in total. The van der Waals surface area contributed by atoms with Crippen LogP contribution in [0.1, 0.15) is 83.6 Å². The Kier molecular flexibility index (Phi) is 15.0. The van der Waals surface area contributed by atoms with E-state index < -0.39 is 83.9 Å². The second kappa shape index (κ2) is 20.5. The Morgan fingerprint density at radius 1 is 1.03 bits per heavy atom. The number of halogens is 3. The van der Waals surface area contributed by atoms with Gasteiger partial charge in [-0.2, -0.15) is 0 Å². The van der Waals surface area contributed by atoms with Crippen molar-refractivity contribution in [3.05, 3.63) is 64.0 Å². The van der Waals surface area contributed by atoms with Crippen molar-refractivity contribution in [1.29, 1.82) is 0 Å². The summed E-state index contributed by atoms with van der Waals surface area (Å²) in [5.41, 5.74) is 0.862. The zero-order valence-corrected chi connectivity index (χ0v) is 39.7. The number of hydrogen-bond donors (Lipinski definition) is 2. The van der Waals surface area contributed by atoms with Crippen LogP contribution in [0.5, 0.6) is 11.5 Å². The van der Waals surface area contributed by atoms with E-state index in [0.717, 1.165) is 37.8 Å². The second-order valence-electron chi connectivity index (χ2n) is 18.1. The molecule has 2 saturated carbocycles. The van der Waals surface area contributed by atoms with Gasteiger partial charge in [0.15, 0.2) is 10.9 Å². The first-order chi connectivity index (χ1) is 31.7. The molecule has 4 aliphatic rings. The SMILES string of the molecule is COc1ccc2c(O[C@@H]3C[C@H]4C(=O)C[C@]5(P(=O)(O)Cc6c(F)cccc6F)C[C@@H]5CCCOCCOC[C@H](CC(=O)OC5CCCC5)C(=O)N4C3)cc(-c3csc(NC(C)C)n3)nc2c1Cl. The molecule has 4 aromatic rings. The minimum atomic E-state index is -4.50. The molecule has 0 spiro atoms. The summed E-state index contributed by atoms with van der Waals surface area (Å²) in [6.07, 6.45) is 1.87. The van der Waals surface area contributed by atoms with Crippen LogP contribution in [0.4, 0.5) is 13.9 Å². The van der Waals surface area contributed by atoms with Gasteiger partial charge in [0, 0.05) is 47.9 Å². The van der Waals surface area contributed by atoms with Gasteiger partial charge in [-0.25, -0.2) is 18.7 Å². The van der Waals surface area contributed by atoms with Crippen LogP contribution < -0.4 is 14.8 Å². The molecule has 0 bridgehead atoms. The number of rotatable bonds is 12. The molecule has 2 aromatic heterocycles. The lowest BCUT2D eigenvalue weighted by Crippen LogP contribution is -2.46. The molecule has 19 heteroatoms. The first-order valence-corrected chi connectivity index (χ1v) is 25.8. The fourth-order valence-electron chi connectivity index (χ4n) is 9.66. The predicted octanol–water partition coefficient (Wildman–Crippen LogP) is 8.97. The van der Waals surface area contributed by atoms with Crippen LogP contribution >= 0.6 is 30.3 Å². The van der Waals surface area contributed by atoms with E-state index in [1.165, 1.54) is 29.4 Å². The van der Waals surface area contributed by atoms with Crippen LogP contribution in [-0.2, 0) is 39.3 Å². The van der Waals surface area contributed by atoms with E-state index in [2.05, 4.69) is 5.32 Å². The average molecular weight is 973 g/mol. The lowest BCUT2D eigenvalue weighted by molar-refractivity contribution is -0.155. The third-order valence-electron chi connectivity index (χ3n) is 13.2. The Hall–Kier alpha value is -4.25. The number of ether oxygens (including phenoxy) is 5. The summed E-state index contributed by atoms with van der Waals surface area (Å²) in [4.78, 5) is 66.2. The van der Waals surface area contributed by atoms with Crippen LogP contribution in [0.2, 0.25) is 5.02 Å². The van der Waals surface area contributed by atoms with Gasteiger partial charge in [-0.1, -0.05) is 17.7 Å². The number of Topliss-reactive ketones (excluding diaryl/α,β-unsaturated/α-hetero) is 1. The third kappa shape index (κ3) is 10.6. The Morgan fingerprint density at radius 3 is 2.53 bits per heavy atom. The molecule has 6 atom stereocenters. The zero-order chi connectivity index (χ0) is 46.8. The number of ketones is 1. The van der Waals surface area contributed by atoms with E-state index in [1.807, 2.05) is 19.2 Å². The summed E-state index contributed by atoms with van der Waals surface area (Å²) < 4.78 is 74.4. The molecule has 2 aromatic carbocycles. The van der Waals surface area contributed by atoms with Crippen molar-refractivity contribution in [2.45, 2.75) is 114 Å². The van der Waals surface area contributed by atoms with Crippen molar-refractivity contribution in [2.75, 3.05) is 45.4 Å². The molecule has 2 aliphatic heterocycles. The van der Waals surface area contributed by atoms with E-state index in [9.17, 15) is 23.8 Å². The number of anilines is 1. The molecule has 14 nitrogen and oxygen atoms in total. The predicted molar refractivity (Wildman–Crippen MR) is 245 cm³/mol. The smallest absolute Gasteiger partial charge is 0.306 e. The number of methoxy groups -OCH3 is 1. The zero-order valence-electron chi connectivity index (χ0n) is 37.3. The van der Waals surface area contributed by atoms with Gasteiger partial charge < -0.3 is 38.8 Å². The summed E-state index contributed by atoms with van der Waals surface area (Å²) in [7, 11) is -3.01. The highest BCUT2D eigenvalue weighted by atomic mass is 35.5. The molecular formula is C47H56ClF2N4O10PS. The van der Waals surface area contributed by atoms with Gasteiger partial charge in [0.25, 0.3) is 0 Å². The number of nitrogens with one attached hydrogen (secondary N) is 1. The van der Waals surface area contributed by atoms with E-state index >= 15 is 8.78 Å². The maximum atomic E-state index is 15.0.